The van der Waals surface area contributed by atoms with E-state index in [2.05, 4.69) is 4.72 Å². The van der Waals surface area contributed by atoms with E-state index >= 15 is 0 Å². The number of anilines is 1. The normalized spacial score (nSPS) is 17.0. The van der Waals surface area contributed by atoms with Gasteiger partial charge in [-0.15, -0.1) is 11.3 Å². The van der Waals surface area contributed by atoms with Crippen molar-refractivity contribution in [1.29, 1.82) is 0 Å². The predicted molar refractivity (Wildman–Crippen MR) is 93.8 cm³/mol. The van der Waals surface area contributed by atoms with Crippen molar-refractivity contribution >= 4 is 33.0 Å². The standard InChI is InChI=1S/C17H18N2O3S2/c20-16-6-5-13-10-15(9-12-3-1-7-19(16)17(12)13)24(21,22)18-11-14-4-2-8-23-14/h2,4,8-10,18H,1,3,5-7,11H2. The summed E-state index contributed by atoms with van der Waals surface area (Å²) in [6.07, 6.45) is 2.77. The molecule has 0 atom stereocenters. The Kier molecular flexibility index (Phi) is 3.94. The molecule has 0 fully saturated rings. The molecular weight excluding hydrogens is 344 g/mol. The molecule has 3 heterocycles. The van der Waals surface area contributed by atoms with Gasteiger partial charge < -0.3 is 4.90 Å². The second-order valence-corrected chi connectivity index (χ2v) is 8.94. The van der Waals surface area contributed by atoms with Gasteiger partial charge in [-0.1, -0.05) is 6.07 Å². The van der Waals surface area contributed by atoms with Gasteiger partial charge in [-0.3, -0.25) is 4.79 Å². The van der Waals surface area contributed by atoms with Crippen molar-refractivity contribution < 1.29 is 13.2 Å². The summed E-state index contributed by atoms with van der Waals surface area (Å²) in [5.74, 6) is 0.148. The number of benzene rings is 1. The minimum absolute atomic E-state index is 0.148. The molecule has 0 spiro atoms. The smallest absolute Gasteiger partial charge is 0.240 e. The molecule has 2 aromatic rings. The highest BCUT2D eigenvalue weighted by Crippen LogP contribution is 2.37. The van der Waals surface area contributed by atoms with Crippen molar-refractivity contribution in [3.8, 4) is 0 Å². The Balaban J connectivity index is 1.68. The lowest BCUT2D eigenvalue weighted by molar-refractivity contribution is -0.119. The number of amides is 1. The Morgan fingerprint density at radius 3 is 2.71 bits per heavy atom. The lowest BCUT2D eigenvalue weighted by Gasteiger charge is -2.35. The molecular formula is C17H18N2O3S2. The first-order chi connectivity index (χ1) is 11.5. The summed E-state index contributed by atoms with van der Waals surface area (Å²) in [6.45, 7) is 1.04. The number of carbonyl (C=O) groups excluding carboxylic acids is 1. The lowest BCUT2D eigenvalue weighted by atomic mass is 9.92. The highest BCUT2D eigenvalue weighted by molar-refractivity contribution is 7.89. The summed E-state index contributed by atoms with van der Waals surface area (Å²) in [6, 6.07) is 7.29. The second kappa shape index (κ2) is 5.98. The molecule has 7 heteroatoms. The molecule has 24 heavy (non-hydrogen) atoms. The van der Waals surface area contributed by atoms with Gasteiger partial charge >= 0.3 is 0 Å². The van der Waals surface area contributed by atoms with Crippen molar-refractivity contribution in [3.63, 3.8) is 0 Å². The average Bonchev–Trinajstić information content (AvgIpc) is 3.10. The third kappa shape index (κ3) is 2.76. The molecule has 0 saturated carbocycles. The van der Waals surface area contributed by atoms with Crippen LogP contribution in [0.4, 0.5) is 5.69 Å². The van der Waals surface area contributed by atoms with Gasteiger partial charge in [0, 0.05) is 24.4 Å². The highest BCUT2D eigenvalue weighted by Gasteiger charge is 2.31. The number of nitrogens with zero attached hydrogens (tertiary/aromatic N) is 1. The van der Waals surface area contributed by atoms with Crippen LogP contribution in [0.5, 0.6) is 0 Å². The molecule has 0 radical (unpaired) electrons. The van der Waals surface area contributed by atoms with Gasteiger partial charge in [-0.2, -0.15) is 0 Å². The number of carbonyl (C=O) groups is 1. The minimum atomic E-state index is -3.56. The molecule has 1 amide bonds. The third-order valence-electron chi connectivity index (χ3n) is 4.58. The maximum atomic E-state index is 12.7. The van der Waals surface area contributed by atoms with Crippen molar-refractivity contribution in [2.75, 3.05) is 11.4 Å². The summed E-state index contributed by atoms with van der Waals surface area (Å²) in [5.41, 5.74) is 2.90. The van der Waals surface area contributed by atoms with Crippen molar-refractivity contribution in [2.45, 2.75) is 37.1 Å². The first-order valence-electron chi connectivity index (χ1n) is 8.03. The Morgan fingerprint density at radius 1 is 1.17 bits per heavy atom. The van der Waals surface area contributed by atoms with Crippen LogP contribution in [0.15, 0.2) is 34.5 Å². The van der Waals surface area contributed by atoms with E-state index in [9.17, 15) is 13.2 Å². The number of hydrogen-bond acceptors (Lipinski definition) is 4. The molecule has 1 aromatic heterocycles. The molecule has 5 nitrogen and oxygen atoms in total. The van der Waals surface area contributed by atoms with Gasteiger partial charge in [0.25, 0.3) is 0 Å². The Hall–Kier alpha value is -1.70. The fourth-order valence-corrected chi connectivity index (χ4v) is 5.28. The summed E-state index contributed by atoms with van der Waals surface area (Å²) < 4.78 is 28.0. The van der Waals surface area contributed by atoms with Crippen LogP contribution in [0, 0.1) is 0 Å². The van der Waals surface area contributed by atoms with E-state index in [1.807, 2.05) is 22.4 Å². The van der Waals surface area contributed by atoms with Gasteiger partial charge in [0.15, 0.2) is 0 Å². The van der Waals surface area contributed by atoms with Crippen LogP contribution in [0.2, 0.25) is 0 Å². The van der Waals surface area contributed by atoms with Crippen LogP contribution < -0.4 is 9.62 Å². The Bertz CT molecular complexity index is 872. The van der Waals surface area contributed by atoms with Crippen LogP contribution in [0.3, 0.4) is 0 Å². The highest BCUT2D eigenvalue weighted by atomic mass is 32.2. The number of aryl methyl sites for hydroxylation is 2. The lowest BCUT2D eigenvalue weighted by Crippen LogP contribution is -2.39. The first-order valence-corrected chi connectivity index (χ1v) is 10.4. The van der Waals surface area contributed by atoms with Crippen LogP contribution in [-0.2, 0) is 34.2 Å². The summed E-state index contributed by atoms with van der Waals surface area (Å²) in [4.78, 5) is 15.2. The average molecular weight is 362 g/mol. The van der Waals surface area contributed by atoms with Crippen molar-refractivity contribution in [2.24, 2.45) is 0 Å². The number of thiophene rings is 1. The molecule has 1 aromatic carbocycles. The molecule has 0 aliphatic carbocycles. The van der Waals surface area contributed by atoms with Crippen molar-refractivity contribution in [1.82, 2.24) is 4.72 Å². The quantitative estimate of drug-likeness (QED) is 0.908. The first kappa shape index (κ1) is 15.8. The van der Waals surface area contributed by atoms with Crippen LogP contribution in [0.25, 0.3) is 0 Å². The van der Waals surface area contributed by atoms with Gasteiger partial charge in [-0.25, -0.2) is 13.1 Å². The fraction of sp³-hybridized carbons (Fsp3) is 0.353. The second-order valence-electron chi connectivity index (χ2n) is 6.14. The maximum Gasteiger partial charge on any atom is 0.240 e. The Morgan fingerprint density at radius 2 is 1.96 bits per heavy atom. The maximum absolute atomic E-state index is 12.7. The molecule has 1 N–H and O–H groups in total. The van der Waals surface area contributed by atoms with Gasteiger partial charge in [0.1, 0.15) is 0 Å². The van der Waals surface area contributed by atoms with Gasteiger partial charge in [0.2, 0.25) is 15.9 Å². The number of sulfonamides is 1. The summed E-state index contributed by atoms with van der Waals surface area (Å²) >= 11 is 1.53. The SMILES string of the molecule is O=C1CCc2cc(S(=O)(=O)NCc3cccs3)cc3c2N1CCC3. The topological polar surface area (TPSA) is 66.5 Å². The number of nitrogens with one attached hydrogen (secondary N) is 1. The van der Waals surface area contributed by atoms with E-state index in [0.29, 0.717) is 24.3 Å². The zero-order valence-electron chi connectivity index (χ0n) is 13.1. The minimum Gasteiger partial charge on any atom is -0.312 e. The van der Waals surface area contributed by atoms with E-state index in [4.69, 9.17) is 0 Å². The number of hydrogen-bond donors (Lipinski definition) is 1. The van der Waals surface area contributed by atoms with Crippen LogP contribution >= 0.6 is 11.3 Å². The number of rotatable bonds is 4. The molecule has 126 valence electrons. The largest absolute Gasteiger partial charge is 0.312 e. The van der Waals surface area contributed by atoms with E-state index in [-0.39, 0.29) is 5.91 Å². The molecule has 0 bridgehead atoms. The Labute approximate surface area is 145 Å². The van der Waals surface area contributed by atoms with Crippen LogP contribution in [-0.4, -0.2) is 20.9 Å². The third-order valence-corrected chi connectivity index (χ3v) is 6.83. The van der Waals surface area contributed by atoms with Gasteiger partial charge in [-0.05, 0) is 54.0 Å². The fourth-order valence-electron chi connectivity index (χ4n) is 3.44. The summed E-state index contributed by atoms with van der Waals surface area (Å²) in [5, 5.41) is 1.93. The van der Waals surface area contributed by atoms with E-state index < -0.39 is 10.0 Å². The van der Waals surface area contributed by atoms with Gasteiger partial charge in [0.05, 0.1) is 10.6 Å². The zero-order chi connectivity index (χ0) is 16.7. The van der Waals surface area contributed by atoms with Crippen molar-refractivity contribution in [3.05, 3.63) is 45.6 Å². The molecule has 4 rings (SSSR count). The molecule has 0 saturated heterocycles. The van der Waals surface area contributed by atoms with E-state index in [1.165, 1.54) is 11.3 Å². The van der Waals surface area contributed by atoms with E-state index in [1.54, 1.807) is 12.1 Å². The zero-order valence-corrected chi connectivity index (χ0v) is 14.8. The van der Waals surface area contributed by atoms with Crippen LogP contribution in [0.1, 0.15) is 28.8 Å². The monoisotopic (exact) mass is 362 g/mol. The predicted octanol–water partition coefficient (Wildman–Crippen LogP) is 2.45. The van der Waals surface area contributed by atoms with E-state index in [0.717, 1.165) is 41.1 Å². The molecule has 0 unspecified atom stereocenters. The molecule has 2 aliphatic rings. The molecule has 2 aliphatic heterocycles. The summed E-state index contributed by atoms with van der Waals surface area (Å²) in [7, 11) is -3.56.